The zero-order chi connectivity index (χ0) is 14.6. The van der Waals surface area contributed by atoms with Crippen LogP contribution >= 0.6 is 0 Å². The van der Waals surface area contributed by atoms with Crippen molar-refractivity contribution in [2.45, 2.75) is 24.4 Å². The third kappa shape index (κ3) is 4.02. The standard InChI is InChI=1S/C12H18N2O4S/c1-9(12(15)16)13-8-10-5-4-6-11(7-10)19(17,18)14(2)3/h4-7,9,13H,8H2,1-3H3,(H,15,16)/t9-/m1/s1. The number of hydrogen-bond acceptors (Lipinski definition) is 4. The molecule has 0 radical (unpaired) electrons. The Balaban J connectivity index is 2.87. The minimum absolute atomic E-state index is 0.194. The van der Waals surface area contributed by atoms with Gasteiger partial charge in [-0.3, -0.25) is 4.79 Å². The first kappa shape index (κ1) is 15.6. The van der Waals surface area contributed by atoms with Gasteiger partial charge in [0.05, 0.1) is 4.90 Å². The summed E-state index contributed by atoms with van der Waals surface area (Å²) in [6.45, 7) is 1.83. The third-order valence-electron chi connectivity index (χ3n) is 2.66. The van der Waals surface area contributed by atoms with Gasteiger partial charge in [0, 0.05) is 20.6 Å². The fourth-order valence-electron chi connectivity index (χ4n) is 1.38. The van der Waals surface area contributed by atoms with Gasteiger partial charge in [-0.25, -0.2) is 12.7 Å². The topological polar surface area (TPSA) is 86.7 Å². The van der Waals surface area contributed by atoms with Gasteiger partial charge in [-0.1, -0.05) is 12.1 Å². The summed E-state index contributed by atoms with van der Waals surface area (Å²) in [7, 11) is -0.535. The molecule has 1 rings (SSSR count). The van der Waals surface area contributed by atoms with Gasteiger partial charge in [-0.2, -0.15) is 0 Å². The predicted octanol–water partition coefficient (Wildman–Crippen LogP) is 0.500. The lowest BCUT2D eigenvalue weighted by Gasteiger charge is -2.13. The molecule has 0 bridgehead atoms. The van der Waals surface area contributed by atoms with E-state index in [-0.39, 0.29) is 4.90 Å². The highest BCUT2D eigenvalue weighted by Crippen LogP contribution is 2.14. The van der Waals surface area contributed by atoms with Gasteiger partial charge >= 0.3 is 5.97 Å². The lowest BCUT2D eigenvalue weighted by molar-refractivity contribution is -0.139. The summed E-state index contributed by atoms with van der Waals surface area (Å²) in [4.78, 5) is 10.9. The van der Waals surface area contributed by atoms with E-state index in [9.17, 15) is 13.2 Å². The molecule has 0 saturated carbocycles. The van der Waals surface area contributed by atoms with Crippen LogP contribution in [-0.4, -0.2) is 43.9 Å². The molecule has 2 N–H and O–H groups in total. The Bertz CT molecular complexity index is 555. The van der Waals surface area contributed by atoms with Crippen LogP contribution in [0.3, 0.4) is 0 Å². The maximum atomic E-state index is 11.9. The van der Waals surface area contributed by atoms with Gasteiger partial charge in [-0.05, 0) is 24.6 Å². The Morgan fingerprint density at radius 1 is 1.42 bits per heavy atom. The number of carboxylic acids is 1. The molecule has 7 heteroatoms. The van der Waals surface area contributed by atoms with Crippen LogP contribution in [0.4, 0.5) is 0 Å². The molecule has 106 valence electrons. The van der Waals surface area contributed by atoms with E-state index in [4.69, 9.17) is 5.11 Å². The molecule has 0 aliphatic rings. The van der Waals surface area contributed by atoms with Gasteiger partial charge < -0.3 is 10.4 Å². The van der Waals surface area contributed by atoms with E-state index >= 15 is 0 Å². The van der Waals surface area contributed by atoms with Crippen LogP contribution in [0, 0.1) is 0 Å². The number of carboxylic acid groups (broad SMARTS) is 1. The zero-order valence-electron chi connectivity index (χ0n) is 11.1. The van der Waals surface area contributed by atoms with Gasteiger partial charge in [-0.15, -0.1) is 0 Å². The number of hydrogen-bond donors (Lipinski definition) is 2. The smallest absolute Gasteiger partial charge is 0.320 e. The average molecular weight is 286 g/mol. The van der Waals surface area contributed by atoms with E-state index in [0.29, 0.717) is 6.54 Å². The van der Waals surface area contributed by atoms with E-state index in [1.54, 1.807) is 12.1 Å². The molecule has 0 unspecified atom stereocenters. The van der Waals surface area contributed by atoms with Crippen LogP contribution in [0.15, 0.2) is 29.2 Å². The summed E-state index contributed by atoms with van der Waals surface area (Å²) < 4.78 is 25.0. The number of benzene rings is 1. The number of nitrogens with zero attached hydrogens (tertiary/aromatic N) is 1. The maximum absolute atomic E-state index is 11.9. The third-order valence-corrected chi connectivity index (χ3v) is 4.47. The van der Waals surface area contributed by atoms with Crippen LogP contribution in [0.1, 0.15) is 12.5 Å². The summed E-state index contributed by atoms with van der Waals surface area (Å²) in [6, 6.07) is 5.75. The van der Waals surface area contributed by atoms with Crippen LogP contribution in [0.5, 0.6) is 0 Å². The Morgan fingerprint density at radius 3 is 2.58 bits per heavy atom. The van der Waals surface area contributed by atoms with Crippen molar-refractivity contribution >= 4 is 16.0 Å². The van der Waals surface area contributed by atoms with Crippen molar-refractivity contribution in [1.29, 1.82) is 0 Å². The normalized spacial score (nSPS) is 13.5. The molecule has 0 spiro atoms. The highest BCUT2D eigenvalue weighted by atomic mass is 32.2. The number of rotatable bonds is 6. The van der Waals surface area contributed by atoms with Crippen molar-refractivity contribution in [3.8, 4) is 0 Å². The molecule has 0 aromatic heterocycles. The van der Waals surface area contributed by atoms with Crippen molar-refractivity contribution in [2.75, 3.05) is 14.1 Å². The fraction of sp³-hybridized carbons (Fsp3) is 0.417. The molecule has 19 heavy (non-hydrogen) atoms. The summed E-state index contributed by atoms with van der Waals surface area (Å²) in [6.07, 6.45) is 0. The van der Waals surface area contributed by atoms with Crippen molar-refractivity contribution in [3.05, 3.63) is 29.8 Å². The lowest BCUT2D eigenvalue weighted by atomic mass is 10.2. The zero-order valence-corrected chi connectivity index (χ0v) is 11.9. The molecule has 0 heterocycles. The molecule has 0 aliphatic carbocycles. The first-order chi connectivity index (χ1) is 8.75. The van der Waals surface area contributed by atoms with Crippen LogP contribution in [-0.2, 0) is 21.4 Å². The molecule has 1 aromatic rings. The Kier molecular flexibility index (Phi) is 5.04. The van der Waals surface area contributed by atoms with Crippen molar-refractivity contribution in [3.63, 3.8) is 0 Å². The molecular formula is C12H18N2O4S. The molecular weight excluding hydrogens is 268 g/mol. The molecule has 1 atom stereocenters. The van der Waals surface area contributed by atoms with Crippen LogP contribution in [0.25, 0.3) is 0 Å². The average Bonchev–Trinajstić information content (AvgIpc) is 2.35. The predicted molar refractivity (Wildman–Crippen MR) is 71.3 cm³/mol. The number of carbonyl (C=O) groups is 1. The van der Waals surface area contributed by atoms with Gasteiger partial charge in [0.15, 0.2) is 0 Å². The second kappa shape index (κ2) is 6.14. The van der Waals surface area contributed by atoms with Crippen molar-refractivity contribution in [2.24, 2.45) is 0 Å². The van der Waals surface area contributed by atoms with Crippen molar-refractivity contribution < 1.29 is 18.3 Å². The van der Waals surface area contributed by atoms with Gasteiger partial charge in [0.2, 0.25) is 10.0 Å². The Labute approximate surface area is 113 Å². The van der Waals surface area contributed by atoms with Crippen LogP contribution < -0.4 is 5.32 Å². The Hall–Kier alpha value is -1.44. The Morgan fingerprint density at radius 2 is 2.05 bits per heavy atom. The molecule has 6 nitrogen and oxygen atoms in total. The number of aliphatic carboxylic acids is 1. The summed E-state index contributed by atoms with van der Waals surface area (Å²) >= 11 is 0. The molecule has 0 aliphatic heterocycles. The largest absolute Gasteiger partial charge is 0.480 e. The fourth-order valence-corrected chi connectivity index (χ4v) is 2.36. The SMILES string of the molecule is C[C@@H](NCc1cccc(S(=O)(=O)N(C)C)c1)C(=O)O. The molecule has 0 saturated heterocycles. The van der Waals surface area contributed by atoms with Gasteiger partial charge in [0.1, 0.15) is 6.04 Å². The minimum atomic E-state index is -3.47. The van der Waals surface area contributed by atoms with E-state index in [2.05, 4.69) is 5.32 Å². The van der Waals surface area contributed by atoms with E-state index in [0.717, 1.165) is 9.87 Å². The lowest BCUT2D eigenvalue weighted by Crippen LogP contribution is -2.33. The first-order valence-corrected chi connectivity index (χ1v) is 7.17. The first-order valence-electron chi connectivity index (χ1n) is 5.73. The quantitative estimate of drug-likeness (QED) is 0.795. The molecule has 1 aromatic carbocycles. The second-order valence-electron chi connectivity index (χ2n) is 4.38. The van der Waals surface area contributed by atoms with Crippen LogP contribution in [0.2, 0.25) is 0 Å². The number of sulfonamides is 1. The summed E-state index contributed by atoms with van der Waals surface area (Å²) in [5.41, 5.74) is 0.719. The molecule has 0 fully saturated rings. The molecule has 0 amide bonds. The summed E-state index contributed by atoms with van der Waals surface area (Å²) in [5, 5.41) is 11.5. The highest BCUT2D eigenvalue weighted by Gasteiger charge is 2.17. The van der Waals surface area contributed by atoms with Gasteiger partial charge in [0.25, 0.3) is 0 Å². The van der Waals surface area contributed by atoms with E-state index in [1.807, 2.05) is 0 Å². The second-order valence-corrected chi connectivity index (χ2v) is 6.53. The maximum Gasteiger partial charge on any atom is 0.320 e. The minimum Gasteiger partial charge on any atom is -0.480 e. The number of nitrogens with one attached hydrogen (secondary N) is 1. The van der Waals surface area contributed by atoms with Crippen molar-refractivity contribution in [1.82, 2.24) is 9.62 Å². The highest BCUT2D eigenvalue weighted by molar-refractivity contribution is 7.89. The summed E-state index contributed by atoms with van der Waals surface area (Å²) in [5.74, 6) is -0.947. The van der Waals surface area contributed by atoms with E-state index in [1.165, 1.54) is 33.2 Å². The monoisotopic (exact) mass is 286 g/mol. The van der Waals surface area contributed by atoms with E-state index < -0.39 is 22.0 Å².